The second-order valence-electron chi connectivity index (χ2n) is 7.74. The van der Waals surface area contributed by atoms with Gasteiger partial charge in [-0.25, -0.2) is 9.78 Å². The Morgan fingerprint density at radius 3 is 2.74 bits per heavy atom. The molecular formula is C20H30ClN3O3. The van der Waals surface area contributed by atoms with Gasteiger partial charge in [0.25, 0.3) is 0 Å². The zero-order chi connectivity index (χ0) is 19.9. The molecule has 150 valence electrons. The fraction of sp³-hybridized carbons (Fsp3) is 0.600. The van der Waals surface area contributed by atoms with Crippen molar-refractivity contribution < 1.29 is 14.3 Å². The molecule has 0 saturated carbocycles. The van der Waals surface area contributed by atoms with Crippen LogP contribution in [-0.2, 0) is 9.47 Å². The highest BCUT2D eigenvalue weighted by Crippen LogP contribution is 2.24. The Morgan fingerprint density at radius 2 is 2.11 bits per heavy atom. The van der Waals surface area contributed by atoms with Gasteiger partial charge in [-0.05, 0) is 45.6 Å². The van der Waals surface area contributed by atoms with Crippen molar-refractivity contribution in [3.63, 3.8) is 0 Å². The highest BCUT2D eigenvalue weighted by Gasteiger charge is 2.26. The minimum atomic E-state index is -0.456. The number of rotatable bonds is 6. The van der Waals surface area contributed by atoms with Crippen molar-refractivity contribution in [3.05, 3.63) is 29.1 Å². The third kappa shape index (κ3) is 7.39. The Bertz CT molecular complexity index is 650. The second-order valence-corrected chi connectivity index (χ2v) is 8.13. The van der Waals surface area contributed by atoms with Gasteiger partial charge in [0.2, 0.25) is 0 Å². The molecule has 2 rings (SSSR count). The van der Waals surface area contributed by atoms with Crippen molar-refractivity contribution in [2.24, 2.45) is 5.92 Å². The van der Waals surface area contributed by atoms with E-state index in [-0.39, 0.29) is 6.09 Å². The van der Waals surface area contributed by atoms with E-state index < -0.39 is 5.60 Å². The predicted molar refractivity (Wildman–Crippen MR) is 109 cm³/mol. The lowest BCUT2D eigenvalue weighted by atomic mass is 9.97. The van der Waals surface area contributed by atoms with Gasteiger partial charge in [0.1, 0.15) is 10.8 Å². The number of hydrogen-bond donors (Lipinski definition) is 1. The zero-order valence-corrected chi connectivity index (χ0v) is 17.4. The molecule has 0 spiro atoms. The van der Waals surface area contributed by atoms with Gasteiger partial charge in [0, 0.05) is 44.2 Å². The molecule has 1 aromatic rings. The monoisotopic (exact) mass is 395 g/mol. The molecule has 0 bridgehead atoms. The lowest BCUT2D eigenvalue weighted by Gasteiger charge is -2.33. The number of pyridine rings is 1. The smallest absolute Gasteiger partial charge is 0.410 e. The maximum absolute atomic E-state index is 12.2. The quantitative estimate of drug-likeness (QED) is 0.720. The van der Waals surface area contributed by atoms with E-state index >= 15 is 0 Å². The molecule has 0 radical (unpaired) electrons. The highest BCUT2D eigenvalue weighted by atomic mass is 35.5. The van der Waals surface area contributed by atoms with Crippen LogP contribution in [0.4, 0.5) is 10.5 Å². The Balaban J connectivity index is 1.86. The van der Waals surface area contributed by atoms with Gasteiger partial charge in [0.15, 0.2) is 0 Å². The van der Waals surface area contributed by atoms with Crippen molar-refractivity contribution in [1.82, 2.24) is 9.88 Å². The van der Waals surface area contributed by atoms with Gasteiger partial charge >= 0.3 is 6.09 Å². The van der Waals surface area contributed by atoms with E-state index in [1.165, 1.54) is 0 Å². The lowest BCUT2D eigenvalue weighted by Crippen LogP contribution is -2.42. The molecule has 0 aromatic carbocycles. The Morgan fingerprint density at radius 1 is 1.41 bits per heavy atom. The number of nitrogens with zero attached hydrogens (tertiary/aromatic N) is 2. The molecule has 2 heterocycles. The minimum Gasteiger partial charge on any atom is -0.444 e. The first kappa shape index (κ1) is 21.5. The van der Waals surface area contributed by atoms with Gasteiger partial charge in [-0.3, -0.25) is 0 Å². The molecule has 0 aliphatic carbocycles. The highest BCUT2D eigenvalue weighted by molar-refractivity contribution is 6.29. The zero-order valence-electron chi connectivity index (χ0n) is 16.6. The van der Waals surface area contributed by atoms with Crippen LogP contribution in [0.5, 0.6) is 0 Å². The van der Waals surface area contributed by atoms with Crippen LogP contribution in [0.1, 0.15) is 39.2 Å². The van der Waals surface area contributed by atoms with Crippen LogP contribution in [-0.4, -0.2) is 54.9 Å². The normalized spacial score (nSPS) is 16.0. The summed E-state index contributed by atoms with van der Waals surface area (Å²) in [4.78, 5) is 18.1. The summed E-state index contributed by atoms with van der Waals surface area (Å²) in [5.41, 5.74) is 1.47. The fourth-order valence-corrected chi connectivity index (χ4v) is 3.06. The number of amides is 1. The van der Waals surface area contributed by atoms with Crippen LogP contribution >= 0.6 is 11.6 Å². The number of carbonyl (C=O) groups is 1. The minimum absolute atomic E-state index is 0.222. The van der Waals surface area contributed by atoms with Crippen LogP contribution in [0.25, 0.3) is 6.08 Å². The van der Waals surface area contributed by atoms with Crippen LogP contribution < -0.4 is 5.32 Å². The van der Waals surface area contributed by atoms with Crippen LogP contribution in [0.15, 0.2) is 18.3 Å². The molecule has 0 atom stereocenters. The van der Waals surface area contributed by atoms with Gasteiger partial charge in [-0.1, -0.05) is 23.8 Å². The number of ether oxygens (including phenoxy) is 2. The van der Waals surface area contributed by atoms with E-state index in [0.29, 0.717) is 17.7 Å². The Kier molecular flexibility index (Phi) is 7.92. The first-order valence-corrected chi connectivity index (χ1v) is 9.69. The van der Waals surface area contributed by atoms with E-state index in [1.54, 1.807) is 18.2 Å². The predicted octanol–water partition coefficient (Wildman–Crippen LogP) is 4.45. The summed E-state index contributed by atoms with van der Waals surface area (Å²) in [6.45, 7) is 8.48. The first-order valence-electron chi connectivity index (χ1n) is 9.31. The van der Waals surface area contributed by atoms with Crippen molar-refractivity contribution >= 4 is 29.5 Å². The van der Waals surface area contributed by atoms with Gasteiger partial charge in [0.05, 0.1) is 6.61 Å². The number of carbonyl (C=O) groups excluding carboxylic acids is 1. The van der Waals surface area contributed by atoms with Crippen LogP contribution in [0.3, 0.4) is 0 Å². The molecule has 27 heavy (non-hydrogen) atoms. The number of nitrogens with one attached hydrogen (secondary N) is 1. The molecular weight excluding hydrogens is 366 g/mol. The summed E-state index contributed by atoms with van der Waals surface area (Å²) in [5, 5.41) is 3.94. The number of hydrogen-bond acceptors (Lipinski definition) is 5. The number of piperidine rings is 1. The van der Waals surface area contributed by atoms with Gasteiger partial charge in [-0.15, -0.1) is 0 Å². The van der Waals surface area contributed by atoms with Gasteiger partial charge in [-0.2, -0.15) is 0 Å². The summed E-state index contributed by atoms with van der Waals surface area (Å²) in [5.74, 6) is 0.492. The molecule has 1 amide bonds. The molecule has 1 N–H and O–H groups in total. The van der Waals surface area contributed by atoms with E-state index in [2.05, 4.69) is 10.3 Å². The summed E-state index contributed by atoms with van der Waals surface area (Å²) < 4.78 is 10.5. The largest absolute Gasteiger partial charge is 0.444 e. The molecule has 1 aromatic heterocycles. The van der Waals surface area contributed by atoms with Crippen molar-refractivity contribution in [2.75, 3.05) is 38.7 Å². The maximum atomic E-state index is 12.2. The SMILES string of the molecule is COC/C=C/c1cnc(Cl)cc1NCC1CCN(C(=O)OC(C)(C)C)CC1. The lowest BCUT2D eigenvalue weighted by molar-refractivity contribution is 0.0188. The molecule has 1 saturated heterocycles. The van der Waals surface area contributed by atoms with E-state index in [4.69, 9.17) is 21.1 Å². The van der Waals surface area contributed by atoms with E-state index in [9.17, 15) is 4.79 Å². The fourth-order valence-electron chi connectivity index (χ4n) is 2.90. The number of halogens is 1. The average Bonchev–Trinajstić information content (AvgIpc) is 2.60. The second kappa shape index (κ2) is 9.95. The summed E-state index contributed by atoms with van der Waals surface area (Å²) in [6, 6.07) is 1.84. The standard InChI is InChI=1S/C20H30ClN3O3/c1-20(2,3)27-19(25)24-9-7-15(8-10-24)13-22-17-12-18(21)23-14-16(17)6-5-11-26-4/h5-6,12,14-15H,7-11,13H2,1-4H3,(H,22,23)/b6-5+. The van der Waals surface area contributed by atoms with Crippen molar-refractivity contribution in [1.29, 1.82) is 0 Å². The molecule has 6 nitrogen and oxygen atoms in total. The summed E-state index contributed by atoms with van der Waals surface area (Å²) >= 11 is 6.05. The molecule has 0 unspecified atom stereocenters. The maximum Gasteiger partial charge on any atom is 0.410 e. The topological polar surface area (TPSA) is 63.7 Å². The molecule has 7 heteroatoms. The van der Waals surface area contributed by atoms with Crippen LogP contribution in [0.2, 0.25) is 5.15 Å². The molecule has 1 aliphatic heterocycles. The summed E-state index contributed by atoms with van der Waals surface area (Å²) in [7, 11) is 1.66. The Labute approximate surface area is 166 Å². The average molecular weight is 396 g/mol. The first-order chi connectivity index (χ1) is 12.8. The number of likely N-dealkylation sites (tertiary alicyclic amines) is 1. The number of aromatic nitrogens is 1. The van der Waals surface area contributed by atoms with Crippen LogP contribution in [0, 0.1) is 5.92 Å². The van der Waals surface area contributed by atoms with E-state index in [1.807, 2.05) is 39.0 Å². The van der Waals surface area contributed by atoms with Gasteiger partial charge < -0.3 is 19.7 Å². The molecule has 1 fully saturated rings. The third-order valence-electron chi connectivity index (χ3n) is 4.31. The summed E-state index contributed by atoms with van der Waals surface area (Å²) in [6.07, 6.45) is 7.33. The van der Waals surface area contributed by atoms with Crippen molar-refractivity contribution in [2.45, 2.75) is 39.2 Å². The van der Waals surface area contributed by atoms with E-state index in [0.717, 1.165) is 43.7 Å². The number of anilines is 1. The number of methoxy groups -OCH3 is 1. The molecule has 1 aliphatic rings. The Hall–Kier alpha value is -1.79. The third-order valence-corrected chi connectivity index (χ3v) is 4.52. The van der Waals surface area contributed by atoms with Crippen molar-refractivity contribution in [3.8, 4) is 0 Å².